The first-order valence-electron chi connectivity index (χ1n) is 3.72. The molecule has 6 nitrogen and oxygen atoms in total. The van der Waals surface area contributed by atoms with Gasteiger partial charge in [0.25, 0.3) is 0 Å². The third kappa shape index (κ3) is 3.86. The van der Waals surface area contributed by atoms with Gasteiger partial charge in [-0.25, -0.2) is 4.98 Å². The minimum Gasteiger partial charge on any atom is -0.360 e. The van der Waals surface area contributed by atoms with Gasteiger partial charge in [0.15, 0.2) is 5.13 Å². The summed E-state index contributed by atoms with van der Waals surface area (Å²) in [5.41, 5.74) is 0. The maximum atomic E-state index is 10.3. The fourth-order valence-electron chi connectivity index (χ4n) is 0.726. The van der Waals surface area contributed by atoms with E-state index in [1.54, 1.807) is 0 Å². The molecule has 0 radical (unpaired) electrons. The lowest BCUT2D eigenvalue weighted by atomic mass is 10.6. The number of anilines is 1. The molecule has 0 amide bonds. The first kappa shape index (κ1) is 13.1. The number of hydrogen-bond donors (Lipinski definition) is 2. The van der Waals surface area contributed by atoms with Gasteiger partial charge in [-0.05, 0) is 18.4 Å². The molecular weight excluding hydrogens is 228 g/mol. The van der Waals surface area contributed by atoms with E-state index in [1.807, 2.05) is 7.05 Å². The highest BCUT2D eigenvalue weighted by atomic mass is 35.5. The van der Waals surface area contributed by atoms with E-state index >= 15 is 0 Å². The van der Waals surface area contributed by atoms with Crippen LogP contribution < -0.4 is 10.6 Å². The Morgan fingerprint density at radius 3 is 2.86 bits per heavy atom. The number of aromatic nitrogens is 1. The molecule has 8 heteroatoms. The van der Waals surface area contributed by atoms with E-state index in [2.05, 4.69) is 15.6 Å². The van der Waals surface area contributed by atoms with Crippen LogP contribution in [-0.2, 0) is 0 Å². The molecule has 1 aromatic rings. The average Bonchev–Trinajstić information content (AvgIpc) is 2.53. The van der Waals surface area contributed by atoms with Crippen molar-refractivity contribution in [2.24, 2.45) is 0 Å². The Hall–Kier alpha value is -0.920. The van der Waals surface area contributed by atoms with Crippen molar-refractivity contribution in [2.75, 3.05) is 25.5 Å². The second-order valence-corrected chi connectivity index (χ2v) is 3.30. The van der Waals surface area contributed by atoms with Gasteiger partial charge < -0.3 is 10.6 Å². The van der Waals surface area contributed by atoms with Crippen LogP contribution in [0.4, 0.5) is 10.1 Å². The zero-order valence-corrected chi connectivity index (χ0v) is 9.15. The Labute approximate surface area is 91.3 Å². The number of hydrogen-bond acceptors (Lipinski definition) is 6. The number of rotatable bonds is 5. The van der Waals surface area contributed by atoms with E-state index in [9.17, 15) is 10.1 Å². The van der Waals surface area contributed by atoms with Crippen LogP contribution in [0, 0.1) is 10.1 Å². The van der Waals surface area contributed by atoms with Gasteiger partial charge in [-0.15, -0.1) is 12.4 Å². The molecule has 0 aromatic carbocycles. The summed E-state index contributed by atoms with van der Waals surface area (Å²) in [5.74, 6) is 0. The van der Waals surface area contributed by atoms with E-state index in [0.29, 0.717) is 11.7 Å². The van der Waals surface area contributed by atoms with Gasteiger partial charge in [-0.2, -0.15) is 0 Å². The molecule has 0 aliphatic carbocycles. The Balaban J connectivity index is 0.00000169. The predicted octanol–water partition coefficient (Wildman–Crippen LogP) is 1.10. The molecule has 0 saturated carbocycles. The Morgan fingerprint density at radius 1 is 1.64 bits per heavy atom. The number of thiazole rings is 1. The first-order chi connectivity index (χ1) is 6.24. The Morgan fingerprint density at radius 2 is 2.36 bits per heavy atom. The van der Waals surface area contributed by atoms with Crippen molar-refractivity contribution >= 4 is 33.9 Å². The summed E-state index contributed by atoms with van der Waals surface area (Å²) in [6.45, 7) is 1.51. The zero-order valence-electron chi connectivity index (χ0n) is 7.52. The first-order valence-corrected chi connectivity index (χ1v) is 4.54. The molecule has 2 N–H and O–H groups in total. The summed E-state index contributed by atoms with van der Waals surface area (Å²) in [4.78, 5) is 13.7. The molecule has 1 rings (SSSR count). The molecule has 0 aliphatic heterocycles. The van der Waals surface area contributed by atoms with E-state index in [4.69, 9.17) is 0 Å². The van der Waals surface area contributed by atoms with Crippen molar-refractivity contribution < 1.29 is 4.92 Å². The van der Waals surface area contributed by atoms with E-state index in [1.165, 1.54) is 6.20 Å². The van der Waals surface area contributed by atoms with Crippen LogP contribution in [-0.4, -0.2) is 30.0 Å². The van der Waals surface area contributed by atoms with Gasteiger partial charge in [0, 0.05) is 13.1 Å². The molecule has 0 bridgehead atoms. The summed E-state index contributed by atoms with van der Waals surface area (Å²) in [6.07, 6.45) is 1.26. The summed E-state index contributed by atoms with van der Waals surface area (Å²) in [5, 5.41) is 16.8. The Bertz CT molecular complexity index is 293. The van der Waals surface area contributed by atoms with Crippen LogP contribution >= 0.6 is 23.7 Å². The highest BCUT2D eigenvalue weighted by Crippen LogP contribution is 2.24. The average molecular weight is 239 g/mol. The normalized spacial score (nSPS) is 9.21. The van der Waals surface area contributed by atoms with Crippen molar-refractivity contribution in [1.82, 2.24) is 10.3 Å². The third-order valence-corrected chi connectivity index (χ3v) is 2.23. The van der Waals surface area contributed by atoms with E-state index < -0.39 is 4.92 Å². The van der Waals surface area contributed by atoms with Crippen molar-refractivity contribution in [1.29, 1.82) is 0 Å². The maximum absolute atomic E-state index is 10.3. The lowest BCUT2D eigenvalue weighted by Gasteiger charge is -1.99. The number of nitrogens with one attached hydrogen (secondary N) is 2. The predicted molar refractivity (Wildman–Crippen MR) is 58.4 cm³/mol. The second-order valence-electron chi connectivity index (χ2n) is 2.29. The lowest BCUT2D eigenvalue weighted by molar-refractivity contribution is -0.380. The fraction of sp³-hybridized carbons (Fsp3) is 0.500. The molecule has 1 heterocycles. The molecule has 14 heavy (non-hydrogen) atoms. The molecule has 80 valence electrons. The molecule has 1 aromatic heterocycles. The highest BCUT2D eigenvalue weighted by molar-refractivity contribution is 7.18. The highest BCUT2D eigenvalue weighted by Gasteiger charge is 2.10. The minimum atomic E-state index is -0.444. The summed E-state index contributed by atoms with van der Waals surface area (Å²) in [6, 6.07) is 0. The molecule has 0 unspecified atom stereocenters. The second kappa shape index (κ2) is 6.52. The van der Waals surface area contributed by atoms with Crippen LogP contribution in [0.25, 0.3) is 0 Å². The van der Waals surface area contributed by atoms with Gasteiger partial charge in [-0.1, -0.05) is 0 Å². The number of halogens is 1. The molecule has 0 fully saturated rings. The third-order valence-electron chi connectivity index (χ3n) is 1.32. The monoisotopic (exact) mass is 238 g/mol. The molecule has 0 aliphatic rings. The topological polar surface area (TPSA) is 80.1 Å². The standard InChI is InChI=1S/C6H10N4O2S.ClH/c1-7-2-3-8-6-9-4-5(13-6)10(11)12;/h4,7H,2-3H2,1H3,(H,8,9);1H. The summed E-state index contributed by atoms with van der Waals surface area (Å²) in [7, 11) is 1.84. The van der Waals surface area contributed by atoms with Crippen molar-refractivity contribution in [3.05, 3.63) is 16.3 Å². The van der Waals surface area contributed by atoms with Crippen LogP contribution in [0.15, 0.2) is 6.20 Å². The molecule has 0 spiro atoms. The SMILES string of the molecule is CNCCNc1ncc([N+](=O)[O-])s1.Cl. The van der Waals surface area contributed by atoms with Gasteiger partial charge in [0.05, 0.1) is 4.92 Å². The Kier molecular flexibility index (Phi) is 6.09. The molecular formula is C6H11ClN4O2S. The quantitative estimate of drug-likeness (QED) is 0.456. The van der Waals surface area contributed by atoms with Crippen LogP contribution in [0.1, 0.15) is 0 Å². The van der Waals surface area contributed by atoms with Gasteiger partial charge in [0.1, 0.15) is 6.20 Å². The van der Waals surface area contributed by atoms with Gasteiger partial charge >= 0.3 is 5.00 Å². The number of nitrogens with zero attached hydrogens (tertiary/aromatic N) is 2. The molecule has 0 saturated heterocycles. The van der Waals surface area contributed by atoms with E-state index in [-0.39, 0.29) is 17.4 Å². The zero-order chi connectivity index (χ0) is 9.68. The van der Waals surface area contributed by atoms with Crippen LogP contribution in [0.3, 0.4) is 0 Å². The minimum absolute atomic E-state index is 0. The lowest BCUT2D eigenvalue weighted by Crippen LogP contribution is -2.17. The van der Waals surface area contributed by atoms with Crippen LogP contribution in [0.5, 0.6) is 0 Å². The van der Waals surface area contributed by atoms with Gasteiger partial charge in [-0.3, -0.25) is 10.1 Å². The van der Waals surface area contributed by atoms with Crippen molar-refractivity contribution in [2.45, 2.75) is 0 Å². The fourth-order valence-corrected chi connectivity index (χ4v) is 1.38. The van der Waals surface area contributed by atoms with Crippen LogP contribution in [0.2, 0.25) is 0 Å². The summed E-state index contributed by atoms with van der Waals surface area (Å²) >= 11 is 1.04. The van der Waals surface area contributed by atoms with E-state index in [0.717, 1.165) is 17.9 Å². The molecule has 0 atom stereocenters. The summed E-state index contributed by atoms with van der Waals surface area (Å²) < 4.78 is 0. The van der Waals surface area contributed by atoms with Crippen molar-refractivity contribution in [3.63, 3.8) is 0 Å². The largest absolute Gasteiger partial charge is 0.360 e. The smallest absolute Gasteiger partial charge is 0.345 e. The van der Waals surface area contributed by atoms with Crippen molar-refractivity contribution in [3.8, 4) is 0 Å². The van der Waals surface area contributed by atoms with Gasteiger partial charge in [0.2, 0.25) is 0 Å². The number of nitro groups is 1. The maximum Gasteiger partial charge on any atom is 0.345 e. The number of likely N-dealkylation sites (N-methyl/N-ethyl adjacent to an activating group) is 1.